The van der Waals surface area contributed by atoms with Crippen LogP contribution in [0, 0.1) is 12.3 Å². The minimum Gasteiger partial charge on any atom is -0.302 e. The lowest BCUT2D eigenvalue weighted by Crippen LogP contribution is -2.22. The van der Waals surface area contributed by atoms with Crippen molar-refractivity contribution in [2.24, 2.45) is 0 Å². The van der Waals surface area contributed by atoms with Gasteiger partial charge in [-0.1, -0.05) is 41.3 Å². The number of carbonyl (C=O) groups excluding carboxylic acids is 1. The van der Waals surface area contributed by atoms with Gasteiger partial charge in [-0.3, -0.25) is 14.3 Å². The van der Waals surface area contributed by atoms with Crippen molar-refractivity contribution >= 4 is 29.0 Å². The predicted molar refractivity (Wildman–Crippen MR) is 124 cm³/mol. The van der Waals surface area contributed by atoms with E-state index in [0.29, 0.717) is 58.1 Å². The van der Waals surface area contributed by atoms with Crippen LogP contribution >= 0.6 is 23.2 Å². The summed E-state index contributed by atoms with van der Waals surface area (Å²) in [7, 11) is 5.80. The fourth-order valence-corrected chi connectivity index (χ4v) is 3.64. The summed E-state index contributed by atoms with van der Waals surface area (Å²) in [6, 6.07) is 12.1. The van der Waals surface area contributed by atoms with Crippen molar-refractivity contribution < 1.29 is 4.79 Å². The van der Waals surface area contributed by atoms with E-state index < -0.39 is 0 Å². The van der Waals surface area contributed by atoms with E-state index in [1.165, 1.54) is 0 Å². The molecule has 0 N–H and O–H groups in total. The molecule has 0 fully saturated rings. The van der Waals surface area contributed by atoms with Crippen molar-refractivity contribution in [1.29, 1.82) is 0 Å². The summed E-state index contributed by atoms with van der Waals surface area (Å²) in [5.41, 5.74) is 1.46. The summed E-state index contributed by atoms with van der Waals surface area (Å²) in [6.07, 6.45) is 5.45. The summed E-state index contributed by atoms with van der Waals surface area (Å²) in [6.45, 7) is 1.46. The van der Waals surface area contributed by atoms with Gasteiger partial charge in [-0.05, 0) is 51.5 Å². The Morgan fingerprint density at radius 2 is 1.71 bits per heavy atom. The van der Waals surface area contributed by atoms with Crippen LogP contribution in [0.25, 0.3) is 5.69 Å². The number of carbonyl (C=O) groups is 1. The van der Waals surface area contributed by atoms with E-state index >= 15 is 0 Å². The smallest absolute Gasteiger partial charge is 0.196 e. The Kier molecular flexibility index (Phi) is 7.47. The van der Waals surface area contributed by atoms with Gasteiger partial charge < -0.3 is 4.90 Å². The molecule has 0 spiro atoms. The minimum absolute atomic E-state index is 0.226. The monoisotopic (exact) mass is 455 g/mol. The molecule has 0 amide bonds. The Morgan fingerprint density at radius 1 is 1.03 bits per heavy atom. The minimum atomic E-state index is -0.226. The molecule has 0 bridgehead atoms. The maximum Gasteiger partial charge on any atom is 0.196 e. The van der Waals surface area contributed by atoms with Crippen molar-refractivity contribution in [3.8, 4) is 18.0 Å². The van der Waals surface area contributed by atoms with Crippen LogP contribution in [0.15, 0.2) is 42.5 Å². The number of halogens is 2. The fraction of sp³-hybridized carbons (Fsp3) is 0.261. The molecule has 0 aliphatic heterocycles. The van der Waals surface area contributed by atoms with Crippen LogP contribution < -0.4 is 0 Å². The first-order valence-electron chi connectivity index (χ1n) is 9.61. The molecule has 0 saturated carbocycles. The Labute approximate surface area is 192 Å². The van der Waals surface area contributed by atoms with Gasteiger partial charge in [0.1, 0.15) is 0 Å². The number of nitrogens with zero attached hydrogens (tertiary/aromatic N) is 5. The molecule has 6 nitrogen and oxygen atoms in total. The maximum absolute atomic E-state index is 13.5. The highest BCUT2D eigenvalue weighted by atomic mass is 35.5. The van der Waals surface area contributed by atoms with Crippen molar-refractivity contribution in [3.05, 3.63) is 75.3 Å². The van der Waals surface area contributed by atoms with Gasteiger partial charge in [-0.15, -0.1) is 16.6 Å². The summed E-state index contributed by atoms with van der Waals surface area (Å²) in [5.74, 6) is 3.77. The van der Waals surface area contributed by atoms with E-state index in [0.717, 1.165) is 0 Å². The molecule has 0 aliphatic carbocycles. The second-order valence-corrected chi connectivity index (χ2v) is 8.30. The van der Waals surface area contributed by atoms with E-state index in [1.807, 2.05) is 35.5 Å². The first-order valence-corrected chi connectivity index (χ1v) is 10.4. The van der Waals surface area contributed by atoms with Crippen LogP contribution in [-0.4, -0.2) is 58.0 Å². The average Bonchev–Trinajstić information content (AvgIpc) is 3.09. The molecule has 0 unspecified atom stereocenters. The lowest BCUT2D eigenvalue weighted by atomic mass is 10.0. The highest BCUT2D eigenvalue weighted by Gasteiger charge is 2.23. The third-order valence-electron chi connectivity index (χ3n) is 4.59. The molecule has 0 aliphatic rings. The van der Waals surface area contributed by atoms with Crippen LogP contribution in [0.2, 0.25) is 10.0 Å². The van der Waals surface area contributed by atoms with Crippen LogP contribution in [-0.2, 0) is 13.1 Å². The first-order chi connectivity index (χ1) is 14.8. The van der Waals surface area contributed by atoms with E-state index in [9.17, 15) is 4.79 Å². The summed E-state index contributed by atoms with van der Waals surface area (Å²) >= 11 is 12.6. The molecular formula is C23H23Cl2N5O. The molecular weight excluding hydrogens is 433 g/mol. The quantitative estimate of drug-likeness (QED) is 0.380. The molecule has 31 heavy (non-hydrogen) atoms. The van der Waals surface area contributed by atoms with Gasteiger partial charge in [0.25, 0.3) is 0 Å². The molecule has 2 aromatic carbocycles. The highest BCUT2D eigenvalue weighted by Crippen LogP contribution is 2.27. The second kappa shape index (κ2) is 10.1. The lowest BCUT2D eigenvalue weighted by Gasteiger charge is -2.19. The fourth-order valence-electron chi connectivity index (χ4n) is 3.25. The molecule has 0 saturated heterocycles. The van der Waals surface area contributed by atoms with Crippen LogP contribution in [0.3, 0.4) is 0 Å². The van der Waals surface area contributed by atoms with E-state index in [1.54, 1.807) is 42.5 Å². The Bertz CT molecular complexity index is 1130. The van der Waals surface area contributed by atoms with E-state index in [-0.39, 0.29) is 5.78 Å². The highest BCUT2D eigenvalue weighted by molar-refractivity contribution is 6.35. The molecule has 0 atom stereocenters. The maximum atomic E-state index is 13.5. The molecule has 8 heteroatoms. The summed E-state index contributed by atoms with van der Waals surface area (Å²) < 4.78 is 1.90. The number of ketones is 1. The van der Waals surface area contributed by atoms with Crippen molar-refractivity contribution in [2.45, 2.75) is 13.1 Å². The largest absolute Gasteiger partial charge is 0.302 e. The van der Waals surface area contributed by atoms with Crippen LogP contribution in [0.4, 0.5) is 0 Å². The van der Waals surface area contributed by atoms with Gasteiger partial charge in [0.2, 0.25) is 0 Å². The zero-order valence-electron chi connectivity index (χ0n) is 17.6. The molecule has 160 valence electrons. The first kappa shape index (κ1) is 23.0. The number of aromatic nitrogens is 3. The topological polar surface area (TPSA) is 54.3 Å². The second-order valence-electron chi connectivity index (χ2n) is 7.45. The van der Waals surface area contributed by atoms with Gasteiger partial charge in [-0.2, -0.15) is 0 Å². The SMILES string of the molecule is C#CCN(C)Cc1nnc(CN(C)C)n1-c1ccc(Cl)cc1C(=O)c1ccccc1Cl. The van der Waals surface area contributed by atoms with Gasteiger partial charge >= 0.3 is 0 Å². The molecule has 1 heterocycles. The molecule has 3 aromatic rings. The Morgan fingerprint density at radius 3 is 2.35 bits per heavy atom. The standard InChI is InChI=1S/C23H23Cl2N5O/c1-5-12-29(4)15-22-27-26-21(14-28(2)3)30(22)20-11-10-16(24)13-18(20)23(31)17-8-6-7-9-19(17)25/h1,6-11,13H,12,14-15H2,2-4H3. The lowest BCUT2D eigenvalue weighted by molar-refractivity contribution is 0.103. The van der Waals surface area contributed by atoms with Crippen molar-refractivity contribution in [3.63, 3.8) is 0 Å². The number of benzene rings is 2. The van der Waals surface area contributed by atoms with E-state index in [4.69, 9.17) is 29.6 Å². The summed E-state index contributed by atoms with van der Waals surface area (Å²) in [4.78, 5) is 17.4. The molecule has 1 aromatic heterocycles. The zero-order valence-corrected chi connectivity index (χ0v) is 19.2. The van der Waals surface area contributed by atoms with E-state index in [2.05, 4.69) is 16.1 Å². The Balaban J connectivity index is 2.18. The van der Waals surface area contributed by atoms with Gasteiger partial charge in [0, 0.05) is 16.1 Å². The van der Waals surface area contributed by atoms with Gasteiger partial charge in [0.05, 0.1) is 30.3 Å². The molecule has 0 radical (unpaired) electrons. The number of hydrogen-bond acceptors (Lipinski definition) is 5. The van der Waals surface area contributed by atoms with Gasteiger partial charge in [0.15, 0.2) is 17.4 Å². The third kappa shape index (κ3) is 5.33. The zero-order chi connectivity index (χ0) is 22.5. The number of terminal acetylenes is 1. The summed E-state index contributed by atoms with van der Waals surface area (Å²) in [5, 5.41) is 9.60. The van der Waals surface area contributed by atoms with Crippen molar-refractivity contribution in [2.75, 3.05) is 27.7 Å². The Hall–Kier alpha value is -2.69. The van der Waals surface area contributed by atoms with Crippen LogP contribution in [0.1, 0.15) is 27.6 Å². The third-order valence-corrected chi connectivity index (χ3v) is 5.15. The van der Waals surface area contributed by atoms with Gasteiger partial charge in [-0.25, -0.2) is 0 Å². The van der Waals surface area contributed by atoms with Crippen LogP contribution in [0.5, 0.6) is 0 Å². The normalized spacial score (nSPS) is 11.2. The molecule has 3 rings (SSSR count). The average molecular weight is 456 g/mol. The number of hydrogen-bond donors (Lipinski definition) is 0. The number of rotatable bonds is 8. The van der Waals surface area contributed by atoms with Crippen molar-refractivity contribution in [1.82, 2.24) is 24.6 Å². The predicted octanol–water partition coefficient (Wildman–Crippen LogP) is 3.93.